The smallest absolute Gasteiger partial charge is 0.00921 e. The van der Waals surface area contributed by atoms with E-state index >= 15 is 0 Å². The van der Waals surface area contributed by atoms with E-state index in [1.807, 2.05) is 0 Å². The maximum atomic E-state index is 4.26. The Balaban J connectivity index is 2.60. The molecular weight excluding hydrogens is 164 g/mol. The van der Waals surface area contributed by atoms with Gasteiger partial charge >= 0.3 is 0 Å². The molecule has 1 heteroatoms. The minimum Gasteiger partial charge on any atom is -0.179 e. The topological polar surface area (TPSA) is 0 Å². The third kappa shape index (κ3) is 2.16. The molecular formula is C11H18S. The number of hydrogen-bond acceptors (Lipinski definition) is 1. The predicted molar refractivity (Wildman–Crippen MR) is 58.6 cm³/mol. The Hall–Kier alpha value is -0.170. The fourth-order valence-electron chi connectivity index (χ4n) is 1.97. The molecule has 1 aliphatic carbocycles. The number of allylic oxidation sites excluding steroid dienone is 2. The molecule has 68 valence electrons. The molecule has 2 unspecified atom stereocenters. The van der Waals surface area contributed by atoms with Crippen molar-refractivity contribution >= 4 is 12.6 Å². The molecule has 0 N–H and O–H groups in total. The Bertz CT molecular complexity index is 193. The highest BCUT2D eigenvalue weighted by Gasteiger charge is 2.23. The lowest BCUT2D eigenvalue weighted by Gasteiger charge is -2.31. The van der Waals surface area contributed by atoms with Gasteiger partial charge in [-0.3, -0.25) is 0 Å². The average molecular weight is 182 g/mol. The van der Waals surface area contributed by atoms with Crippen LogP contribution in [-0.2, 0) is 0 Å². The van der Waals surface area contributed by atoms with E-state index in [0.29, 0.717) is 11.8 Å². The van der Waals surface area contributed by atoms with Gasteiger partial charge in [0, 0.05) is 0 Å². The standard InChI is InChI=1S/C11H18S/c1-8-6-9(2)10(3)11(7-8)4-5-12/h9,11-12H,1,3-7H2,2H3. The van der Waals surface area contributed by atoms with Crippen molar-refractivity contribution < 1.29 is 0 Å². The van der Waals surface area contributed by atoms with Crippen LogP contribution in [-0.4, -0.2) is 5.75 Å². The van der Waals surface area contributed by atoms with E-state index in [1.165, 1.54) is 11.1 Å². The highest BCUT2D eigenvalue weighted by molar-refractivity contribution is 7.80. The summed E-state index contributed by atoms with van der Waals surface area (Å²) in [5, 5.41) is 0. The summed E-state index contributed by atoms with van der Waals surface area (Å²) >= 11 is 4.26. The Morgan fingerprint density at radius 2 is 2.08 bits per heavy atom. The molecule has 0 saturated heterocycles. The molecule has 0 spiro atoms. The second-order valence-electron chi connectivity index (χ2n) is 3.84. The van der Waals surface area contributed by atoms with Gasteiger partial charge in [-0.1, -0.05) is 31.2 Å². The Labute approximate surface area is 81.2 Å². The third-order valence-electron chi connectivity index (χ3n) is 2.76. The van der Waals surface area contributed by atoms with Crippen LogP contribution in [0.3, 0.4) is 0 Å². The molecule has 12 heavy (non-hydrogen) atoms. The molecule has 0 bridgehead atoms. The van der Waals surface area contributed by atoms with Crippen molar-refractivity contribution in [1.29, 1.82) is 0 Å². The molecule has 0 heterocycles. The van der Waals surface area contributed by atoms with Gasteiger partial charge in [0.05, 0.1) is 0 Å². The van der Waals surface area contributed by atoms with E-state index in [1.54, 1.807) is 0 Å². The van der Waals surface area contributed by atoms with Crippen LogP contribution in [0.1, 0.15) is 26.2 Å². The molecule has 0 aromatic rings. The monoisotopic (exact) mass is 182 g/mol. The second kappa shape index (κ2) is 4.18. The minimum atomic E-state index is 0.635. The first-order valence-electron chi connectivity index (χ1n) is 4.61. The molecule has 0 radical (unpaired) electrons. The molecule has 1 saturated carbocycles. The van der Waals surface area contributed by atoms with Crippen LogP contribution in [0, 0.1) is 11.8 Å². The maximum Gasteiger partial charge on any atom is -0.00921 e. The van der Waals surface area contributed by atoms with Gasteiger partial charge in [-0.2, -0.15) is 12.6 Å². The van der Waals surface area contributed by atoms with Crippen molar-refractivity contribution in [2.75, 3.05) is 5.75 Å². The first-order valence-corrected chi connectivity index (χ1v) is 5.24. The molecule has 0 aliphatic heterocycles. The molecule has 0 aromatic heterocycles. The zero-order chi connectivity index (χ0) is 9.14. The van der Waals surface area contributed by atoms with E-state index in [0.717, 1.165) is 25.0 Å². The van der Waals surface area contributed by atoms with Crippen LogP contribution in [0.2, 0.25) is 0 Å². The first kappa shape index (κ1) is 9.91. The van der Waals surface area contributed by atoms with Crippen LogP contribution in [0.15, 0.2) is 24.3 Å². The summed E-state index contributed by atoms with van der Waals surface area (Å²) in [5.74, 6) is 2.25. The van der Waals surface area contributed by atoms with Crippen molar-refractivity contribution in [1.82, 2.24) is 0 Å². The van der Waals surface area contributed by atoms with Crippen LogP contribution in [0.25, 0.3) is 0 Å². The zero-order valence-corrected chi connectivity index (χ0v) is 8.74. The van der Waals surface area contributed by atoms with E-state index in [2.05, 4.69) is 32.7 Å². The van der Waals surface area contributed by atoms with Crippen LogP contribution in [0.5, 0.6) is 0 Å². The van der Waals surface area contributed by atoms with Crippen LogP contribution >= 0.6 is 12.6 Å². The summed E-state index contributed by atoms with van der Waals surface area (Å²) in [6, 6.07) is 0. The Morgan fingerprint density at radius 3 is 2.67 bits per heavy atom. The van der Waals surface area contributed by atoms with Gasteiger partial charge in [0.2, 0.25) is 0 Å². The van der Waals surface area contributed by atoms with Gasteiger partial charge in [0.15, 0.2) is 0 Å². The molecule has 2 atom stereocenters. The van der Waals surface area contributed by atoms with Gasteiger partial charge in [-0.15, -0.1) is 0 Å². The lowest BCUT2D eigenvalue weighted by atomic mass is 9.75. The van der Waals surface area contributed by atoms with Crippen LogP contribution in [0.4, 0.5) is 0 Å². The van der Waals surface area contributed by atoms with E-state index in [4.69, 9.17) is 0 Å². The van der Waals surface area contributed by atoms with Gasteiger partial charge < -0.3 is 0 Å². The quantitative estimate of drug-likeness (QED) is 0.490. The largest absolute Gasteiger partial charge is 0.179 e. The molecule has 0 nitrogen and oxygen atoms in total. The minimum absolute atomic E-state index is 0.635. The van der Waals surface area contributed by atoms with E-state index in [9.17, 15) is 0 Å². The van der Waals surface area contributed by atoms with Gasteiger partial charge in [0.25, 0.3) is 0 Å². The lowest BCUT2D eigenvalue weighted by Crippen LogP contribution is -2.18. The molecule has 1 rings (SSSR count). The van der Waals surface area contributed by atoms with Crippen molar-refractivity contribution in [2.24, 2.45) is 11.8 Å². The van der Waals surface area contributed by atoms with Crippen molar-refractivity contribution in [3.05, 3.63) is 24.3 Å². The maximum absolute atomic E-state index is 4.26. The lowest BCUT2D eigenvalue weighted by molar-refractivity contribution is 0.450. The van der Waals surface area contributed by atoms with Crippen molar-refractivity contribution in [3.8, 4) is 0 Å². The second-order valence-corrected chi connectivity index (χ2v) is 4.29. The summed E-state index contributed by atoms with van der Waals surface area (Å²) in [4.78, 5) is 0. The summed E-state index contributed by atoms with van der Waals surface area (Å²) in [5.41, 5.74) is 2.80. The average Bonchev–Trinajstić information content (AvgIpc) is 2.00. The number of hydrogen-bond donors (Lipinski definition) is 1. The fourth-order valence-corrected chi connectivity index (χ4v) is 2.28. The van der Waals surface area contributed by atoms with Gasteiger partial charge in [0.1, 0.15) is 0 Å². The molecule has 0 aromatic carbocycles. The Morgan fingerprint density at radius 1 is 1.42 bits per heavy atom. The van der Waals surface area contributed by atoms with E-state index < -0.39 is 0 Å². The van der Waals surface area contributed by atoms with Gasteiger partial charge in [-0.05, 0) is 36.9 Å². The predicted octanol–water partition coefficient (Wildman–Crippen LogP) is 3.46. The summed E-state index contributed by atoms with van der Waals surface area (Å²) in [7, 11) is 0. The Kier molecular flexibility index (Phi) is 3.45. The first-order chi connectivity index (χ1) is 5.65. The number of rotatable bonds is 2. The molecule has 1 fully saturated rings. The van der Waals surface area contributed by atoms with Crippen molar-refractivity contribution in [2.45, 2.75) is 26.2 Å². The van der Waals surface area contributed by atoms with Gasteiger partial charge in [-0.25, -0.2) is 0 Å². The number of thiol groups is 1. The zero-order valence-electron chi connectivity index (χ0n) is 7.84. The highest BCUT2D eigenvalue weighted by atomic mass is 32.1. The van der Waals surface area contributed by atoms with Crippen LogP contribution < -0.4 is 0 Å². The summed E-state index contributed by atoms with van der Waals surface area (Å²) in [6.45, 7) is 10.5. The van der Waals surface area contributed by atoms with Crippen molar-refractivity contribution in [3.63, 3.8) is 0 Å². The highest BCUT2D eigenvalue weighted by Crippen LogP contribution is 2.37. The fraction of sp³-hybridized carbons (Fsp3) is 0.636. The SMILES string of the molecule is C=C1CC(C)C(=C)C(CCS)C1. The molecule has 1 aliphatic rings. The third-order valence-corrected chi connectivity index (χ3v) is 3.02. The summed E-state index contributed by atoms with van der Waals surface area (Å²) < 4.78 is 0. The summed E-state index contributed by atoms with van der Waals surface area (Å²) in [6.07, 6.45) is 3.44. The van der Waals surface area contributed by atoms with E-state index in [-0.39, 0.29) is 0 Å². The molecule has 0 amide bonds. The normalized spacial score (nSPS) is 30.8.